The van der Waals surface area contributed by atoms with Crippen LogP contribution in [-0.2, 0) is 25.8 Å². The number of azide groups is 1. The predicted octanol–water partition coefficient (Wildman–Crippen LogP) is 0.813. The Bertz CT molecular complexity index is 1140. The molecule has 2 aromatic rings. The number of hydrogen-bond acceptors (Lipinski definition) is 9. The molecule has 2 aromatic heterocycles. The third kappa shape index (κ3) is 14.6. The van der Waals surface area contributed by atoms with Crippen LogP contribution in [0.5, 0.6) is 0 Å². The zero-order chi connectivity index (χ0) is 30.8. The van der Waals surface area contributed by atoms with E-state index in [-0.39, 0.29) is 55.0 Å². The van der Waals surface area contributed by atoms with Gasteiger partial charge in [0.15, 0.2) is 13.5 Å². The van der Waals surface area contributed by atoms with E-state index in [1.165, 1.54) is 0 Å². The number of nitrogens with zero attached hydrogens (tertiary/aromatic N) is 9. The molecular weight excluding hydrogens is 557 g/mol. The number of rotatable bonds is 6. The molecule has 0 unspecified atom stereocenters. The van der Waals surface area contributed by atoms with Crippen molar-refractivity contribution in [3.8, 4) is 0 Å². The van der Waals surface area contributed by atoms with Gasteiger partial charge in [-0.25, -0.2) is 4.68 Å². The fraction of sp³-hybridized carbons (Fsp3) is 0.750. The monoisotopic (exact) mass is 603 g/mol. The third-order valence-corrected chi connectivity index (χ3v) is 8.71. The topological polar surface area (TPSA) is 172 Å². The van der Waals surface area contributed by atoms with Crippen LogP contribution in [0.15, 0.2) is 5.11 Å². The summed E-state index contributed by atoms with van der Waals surface area (Å²) < 4.78 is 11.5. The number of aromatic nitrogens is 6. The molecule has 0 atom stereocenters. The summed E-state index contributed by atoms with van der Waals surface area (Å²) >= 11 is 0. The first-order valence-electron chi connectivity index (χ1n) is 12.6. The molecule has 0 bridgehead atoms. The van der Waals surface area contributed by atoms with Crippen molar-refractivity contribution in [1.29, 1.82) is 0 Å². The Morgan fingerprint density at radius 2 is 1.38 bits per heavy atom. The zero-order valence-corrected chi connectivity index (χ0v) is 31.1. The number of ether oxygens (including phenoxy) is 2. The van der Waals surface area contributed by atoms with Crippen LogP contribution in [0.2, 0.25) is 39.3 Å². The smallest absolute Gasteiger partial charge is 0.493 e. The van der Waals surface area contributed by atoms with Crippen LogP contribution in [0, 0.1) is 24.7 Å². The van der Waals surface area contributed by atoms with Crippen LogP contribution in [0.25, 0.3) is 10.4 Å². The summed E-state index contributed by atoms with van der Waals surface area (Å²) in [5, 5.41) is 25.0. The van der Waals surface area contributed by atoms with Crippen molar-refractivity contribution in [3.63, 3.8) is 0 Å². The molecule has 0 aliphatic carbocycles. The Morgan fingerprint density at radius 3 is 1.70 bits per heavy atom. The fourth-order valence-corrected chi connectivity index (χ4v) is 5.83. The maximum Gasteiger partial charge on any atom is 1.00 e. The van der Waals surface area contributed by atoms with E-state index in [0.29, 0.717) is 0 Å². The Labute approximate surface area is 262 Å². The van der Waals surface area contributed by atoms with Gasteiger partial charge in [0.1, 0.15) is 16.1 Å². The second-order valence-corrected chi connectivity index (χ2v) is 23.0. The quantitative estimate of drug-likeness (QED) is 0.152. The van der Waals surface area contributed by atoms with Gasteiger partial charge in [-0.15, -0.1) is 5.10 Å². The van der Waals surface area contributed by atoms with Gasteiger partial charge in [0.25, 0.3) is 0 Å². The molecule has 0 N–H and O–H groups in total. The van der Waals surface area contributed by atoms with Gasteiger partial charge in [0.05, 0.1) is 21.8 Å². The first-order chi connectivity index (χ1) is 17.5. The maximum absolute atomic E-state index is 11.7. The minimum atomic E-state index is -1.48. The second-order valence-electron chi connectivity index (χ2n) is 13.1. The van der Waals surface area contributed by atoms with Gasteiger partial charge >= 0.3 is 41.5 Å². The molecule has 0 saturated carbocycles. The summed E-state index contributed by atoms with van der Waals surface area (Å²) in [6.45, 7) is 27.9. The molecule has 2 heterocycles. The zero-order valence-electron chi connectivity index (χ0n) is 27.1. The van der Waals surface area contributed by atoms with Crippen molar-refractivity contribution in [2.75, 3.05) is 6.73 Å². The van der Waals surface area contributed by atoms with E-state index in [1.54, 1.807) is 25.5 Å². The molecule has 0 fully saturated rings. The van der Waals surface area contributed by atoms with Crippen LogP contribution in [0.3, 0.4) is 0 Å². The van der Waals surface area contributed by atoms with Gasteiger partial charge in [-0.3, -0.25) is 9.59 Å². The molecule has 13 nitrogen and oxygen atoms in total. The number of carbonyl (C=O) groups excluding carboxylic acids is 2. The van der Waals surface area contributed by atoms with E-state index in [0.717, 1.165) is 22.0 Å². The Balaban J connectivity index is 0. The van der Waals surface area contributed by atoms with Crippen LogP contribution in [0.1, 0.15) is 52.9 Å². The van der Waals surface area contributed by atoms with Crippen LogP contribution < -0.4 is 45.4 Å². The normalized spacial score (nSPS) is 11.4. The van der Waals surface area contributed by atoms with Gasteiger partial charge in [-0.2, -0.15) is 0 Å². The first kappa shape index (κ1) is 40.1. The largest absolute Gasteiger partial charge is 1.00 e. The molecule has 40 heavy (non-hydrogen) atoms. The van der Waals surface area contributed by atoms with E-state index in [1.807, 2.05) is 34.6 Å². The van der Waals surface area contributed by atoms with Crippen LogP contribution in [-0.4, -0.2) is 60.0 Å². The molecule has 0 saturated heterocycles. The number of aryl methyl sites for hydroxylation is 1. The van der Waals surface area contributed by atoms with Crippen LogP contribution in [0.4, 0.5) is 0 Å². The SMILES string of the molecule is CC(C)(C)C(=O)OCN=[N+]=[N-].Cc1c([Si](C)(C)C)nnn1COC(=O)C(C)(C)C.Cc1n[n-]nc1[Si](C)(C)C.[Na+]. The molecule has 0 radical (unpaired) electrons. The Hall–Kier alpha value is -2.04. The van der Waals surface area contributed by atoms with E-state index in [2.05, 4.69) is 79.8 Å². The van der Waals surface area contributed by atoms with Crippen molar-refractivity contribution >= 4 is 38.7 Å². The molecule has 16 heteroatoms. The fourth-order valence-electron chi connectivity index (χ4n) is 2.79. The van der Waals surface area contributed by atoms with Crippen molar-refractivity contribution < 1.29 is 48.6 Å². The first-order valence-corrected chi connectivity index (χ1v) is 19.6. The molecule has 220 valence electrons. The summed E-state index contributed by atoms with van der Waals surface area (Å²) in [6.07, 6.45) is 0. The minimum absolute atomic E-state index is 0. The molecule has 0 aliphatic rings. The molecule has 2 rings (SSSR count). The number of carbonyl (C=O) groups is 2. The molecule has 0 spiro atoms. The molecule has 0 aliphatic heterocycles. The van der Waals surface area contributed by atoms with Crippen molar-refractivity contribution in [1.82, 2.24) is 30.4 Å². The Kier molecular flexibility index (Phi) is 16.5. The summed E-state index contributed by atoms with van der Waals surface area (Å²) in [6, 6.07) is 0. The van der Waals surface area contributed by atoms with Gasteiger partial charge in [0, 0.05) is 15.9 Å². The van der Waals surface area contributed by atoms with Gasteiger partial charge < -0.3 is 24.9 Å². The Morgan fingerprint density at radius 1 is 0.900 bits per heavy atom. The van der Waals surface area contributed by atoms with Crippen molar-refractivity contribution in [2.24, 2.45) is 15.9 Å². The van der Waals surface area contributed by atoms with E-state index >= 15 is 0 Å². The number of hydrogen-bond donors (Lipinski definition) is 0. The molecule has 0 amide bonds. The van der Waals surface area contributed by atoms with Gasteiger partial charge in [-0.1, -0.05) is 49.6 Å². The summed E-state index contributed by atoms with van der Waals surface area (Å²) in [5.74, 6) is -0.600. The predicted molar refractivity (Wildman–Crippen MR) is 156 cm³/mol. The summed E-state index contributed by atoms with van der Waals surface area (Å²) in [7, 11) is -2.75. The standard InChI is InChI=1S/C12H23N3O2Si.C6H11N3O2.C6H12N3Si.Na/c1-9-10(18(5,6)7)13-14-15(9)8-17-11(16)12(2,3)4;1-6(2,3)5(10)11-4-8-9-7;1-5-6(8-9-7-5)10(2,3)4;/h8H2,1-7H3;4H2,1-3H3;1-4H3;/q;;-1;+1. The van der Waals surface area contributed by atoms with E-state index in [4.69, 9.17) is 10.3 Å². The van der Waals surface area contributed by atoms with E-state index < -0.39 is 27.0 Å². The van der Waals surface area contributed by atoms with Gasteiger partial charge in [-0.05, 0) is 60.9 Å². The second kappa shape index (κ2) is 16.4. The van der Waals surface area contributed by atoms with Crippen LogP contribution >= 0.6 is 0 Å². The van der Waals surface area contributed by atoms with Crippen molar-refractivity contribution in [3.05, 3.63) is 21.8 Å². The van der Waals surface area contributed by atoms with Gasteiger partial charge in [0.2, 0.25) is 0 Å². The molecular formula is C24H46N9NaO4Si2. The summed E-state index contributed by atoms with van der Waals surface area (Å²) in [5.41, 5.74) is 8.82. The third-order valence-electron chi connectivity index (χ3n) is 4.94. The van der Waals surface area contributed by atoms with E-state index in [9.17, 15) is 9.59 Å². The average molecular weight is 604 g/mol. The summed E-state index contributed by atoms with van der Waals surface area (Å²) in [4.78, 5) is 25.0. The average Bonchev–Trinajstić information content (AvgIpc) is 3.36. The maximum atomic E-state index is 11.7. The minimum Gasteiger partial charge on any atom is -0.493 e. The molecule has 0 aromatic carbocycles. The number of esters is 2. The van der Waals surface area contributed by atoms with Crippen molar-refractivity contribution in [2.45, 2.75) is 101 Å².